The molecule has 0 radical (unpaired) electrons. The summed E-state index contributed by atoms with van der Waals surface area (Å²) in [7, 11) is 1.77. The molecule has 0 bridgehead atoms. The number of hydrogen-bond acceptors (Lipinski definition) is 5. The smallest absolute Gasteiger partial charge is 0.250 e. The number of pyridine rings is 1. The maximum absolute atomic E-state index is 11.7. The van der Waals surface area contributed by atoms with Gasteiger partial charge in [-0.3, -0.25) is 4.79 Å². The van der Waals surface area contributed by atoms with Crippen LogP contribution in [0.2, 0.25) is 0 Å². The van der Waals surface area contributed by atoms with E-state index in [9.17, 15) is 4.79 Å². The summed E-state index contributed by atoms with van der Waals surface area (Å²) in [5, 5.41) is 0. The number of rotatable bonds is 2. The lowest BCUT2D eigenvalue weighted by Crippen LogP contribution is -2.34. The number of aryl methyl sites for hydroxylation is 1. The van der Waals surface area contributed by atoms with Gasteiger partial charge in [0.1, 0.15) is 5.82 Å². The van der Waals surface area contributed by atoms with Crippen LogP contribution in [0.4, 0.5) is 11.8 Å². The van der Waals surface area contributed by atoms with Crippen molar-refractivity contribution < 1.29 is 0 Å². The van der Waals surface area contributed by atoms with Crippen LogP contribution in [0.5, 0.6) is 0 Å². The van der Waals surface area contributed by atoms with Gasteiger partial charge in [0.25, 0.3) is 5.56 Å². The van der Waals surface area contributed by atoms with Crippen molar-refractivity contribution >= 4 is 11.8 Å². The zero-order valence-electron chi connectivity index (χ0n) is 12.1. The van der Waals surface area contributed by atoms with E-state index < -0.39 is 0 Å². The first-order valence-electron chi connectivity index (χ1n) is 7.13. The Kier molecular flexibility index (Phi) is 3.60. The molecule has 1 saturated heterocycles. The molecule has 21 heavy (non-hydrogen) atoms. The van der Waals surface area contributed by atoms with E-state index in [0.29, 0.717) is 17.7 Å². The van der Waals surface area contributed by atoms with Gasteiger partial charge in [0.15, 0.2) is 0 Å². The second kappa shape index (κ2) is 5.55. The molecular weight excluding hydrogens is 266 g/mol. The van der Waals surface area contributed by atoms with Gasteiger partial charge in [-0.25, -0.2) is 4.98 Å². The Labute approximate surface area is 123 Å². The maximum Gasteiger partial charge on any atom is 0.250 e. The number of aromatic nitrogens is 3. The Balaban J connectivity index is 1.70. The van der Waals surface area contributed by atoms with E-state index in [1.807, 2.05) is 12.3 Å². The van der Waals surface area contributed by atoms with E-state index in [0.717, 1.165) is 31.5 Å². The monoisotopic (exact) mass is 285 g/mol. The number of hydrogen-bond donors (Lipinski definition) is 1. The van der Waals surface area contributed by atoms with Crippen molar-refractivity contribution in [3.63, 3.8) is 0 Å². The van der Waals surface area contributed by atoms with E-state index in [4.69, 9.17) is 5.73 Å². The number of piperidine rings is 1. The first-order valence-corrected chi connectivity index (χ1v) is 7.13. The molecule has 0 spiro atoms. The summed E-state index contributed by atoms with van der Waals surface area (Å²) in [5.74, 6) is 1.61. The molecule has 3 heterocycles. The summed E-state index contributed by atoms with van der Waals surface area (Å²) in [6.45, 7) is 1.76. The topological polar surface area (TPSA) is 77.0 Å². The summed E-state index contributed by atoms with van der Waals surface area (Å²) in [4.78, 5) is 22.4. The largest absolute Gasteiger partial charge is 0.384 e. The fourth-order valence-corrected chi connectivity index (χ4v) is 2.74. The molecule has 3 rings (SSSR count). The third kappa shape index (κ3) is 2.89. The van der Waals surface area contributed by atoms with Crippen LogP contribution in [0.15, 0.2) is 35.4 Å². The van der Waals surface area contributed by atoms with Gasteiger partial charge in [0, 0.05) is 38.6 Å². The molecule has 6 nitrogen and oxygen atoms in total. The maximum atomic E-state index is 11.7. The van der Waals surface area contributed by atoms with Crippen molar-refractivity contribution in [3.8, 4) is 0 Å². The van der Waals surface area contributed by atoms with E-state index in [1.54, 1.807) is 29.9 Å². The van der Waals surface area contributed by atoms with Gasteiger partial charge in [0.05, 0.1) is 0 Å². The molecule has 2 N–H and O–H groups in total. The van der Waals surface area contributed by atoms with Crippen LogP contribution >= 0.6 is 0 Å². The van der Waals surface area contributed by atoms with Gasteiger partial charge in [-0.05, 0) is 36.5 Å². The molecule has 1 aliphatic heterocycles. The van der Waals surface area contributed by atoms with Crippen LogP contribution in [0.3, 0.4) is 0 Å². The highest BCUT2D eigenvalue weighted by Gasteiger charge is 2.22. The van der Waals surface area contributed by atoms with E-state index in [1.165, 1.54) is 0 Å². The van der Waals surface area contributed by atoms with Crippen molar-refractivity contribution in [3.05, 3.63) is 46.5 Å². The predicted octanol–water partition coefficient (Wildman–Crippen LogP) is 1.14. The van der Waals surface area contributed by atoms with Gasteiger partial charge in [0.2, 0.25) is 5.95 Å². The number of nitrogens with zero attached hydrogens (tertiary/aromatic N) is 4. The Hall–Kier alpha value is -2.37. The van der Waals surface area contributed by atoms with Crippen molar-refractivity contribution in [2.75, 3.05) is 23.7 Å². The molecule has 0 aliphatic carbocycles. The minimum atomic E-state index is 0.0501. The summed E-state index contributed by atoms with van der Waals surface area (Å²) >= 11 is 0. The molecular formula is C15H19N5O. The molecule has 6 heteroatoms. The Bertz CT molecular complexity index is 688. The van der Waals surface area contributed by atoms with Gasteiger partial charge >= 0.3 is 0 Å². The fraction of sp³-hybridized carbons (Fsp3) is 0.400. The highest BCUT2D eigenvalue weighted by molar-refractivity contribution is 5.38. The lowest BCUT2D eigenvalue weighted by molar-refractivity contribution is 0.498. The first-order chi connectivity index (χ1) is 10.1. The van der Waals surface area contributed by atoms with Gasteiger partial charge in [-0.1, -0.05) is 0 Å². The van der Waals surface area contributed by atoms with Crippen LogP contribution in [0.25, 0.3) is 0 Å². The standard InChI is InChI=1S/C15H19N5O/c1-19-7-3-12(10-14(19)21)11-4-8-20(9-5-11)15-17-6-2-13(16)18-15/h2-3,6-7,10-11H,4-5,8-9H2,1H3,(H2,16,17,18). The van der Waals surface area contributed by atoms with Crippen LogP contribution < -0.4 is 16.2 Å². The molecule has 110 valence electrons. The van der Waals surface area contributed by atoms with Crippen molar-refractivity contribution in [1.82, 2.24) is 14.5 Å². The van der Waals surface area contributed by atoms with Crippen LogP contribution in [-0.4, -0.2) is 27.6 Å². The Morgan fingerprint density at radius 1 is 1.29 bits per heavy atom. The van der Waals surface area contributed by atoms with Gasteiger partial charge in [-0.2, -0.15) is 4.98 Å². The third-order valence-electron chi connectivity index (χ3n) is 4.04. The average molecular weight is 285 g/mol. The highest BCUT2D eigenvalue weighted by atomic mass is 16.1. The molecule has 0 atom stereocenters. The van der Waals surface area contributed by atoms with E-state index in [2.05, 4.69) is 14.9 Å². The van der Waals surface area contributed by atoms with Crippen molar-refractivity contribution in [2.24, 2.45) is 7.05 Å². The quantitative estimate of drug-likeness (QED) is 0.895. The lowest BCUT2D eigenvalue weighted by atomic mass is 9.90. The van der Waals surface area contributed by atoms with E-state index >= 15 is 0 Å². The second-order valence-corrected chi connectivity index (χ2v) is 5.45. The summed E-state index contributed by atoms with van der Waals surface area (Å²) in [5.41, 5.74) is 6.88. The van der Waals surface area contributed by atoms with Gasteiger partial charge < -0.3 is 15.2 Å². The predicted molar refractivity (Wildman–Crippen MR) is 82.3 cm³/mol. The highest BCUT2D eigenvalue weighted by Crippen LogP contribution is 2.28. The molecule has 1 aliphatic rings. The van der Waals surface area contributed by atoms with Crippen LogP contribution in [0.1, 0.15) is 24.3 Å². The zero-order chi connectivity index (χ0) is 14.8. The molecule has 0 amide bonds. The summed E-state index contributed by atoms with van der Waals surface area (Å²) in [6.07, 6.45) is 5.51. The zero-order valence-corrected chi connectivity index (χ0v) is 12.1. The molecule has 0 saturated carbocycles. The van der Waals surface area contributed by atoms with Crippen LogP contribution in [-0.2, 0) is 7.05 Å². The fourth-order valence-electron chi connectivity index (χ4n) is 2.74. The Morgan fingerprint density at radius 3 is 2.71 bits per heavy atom. The minimum absolute atomic E-state index is 0.0501. The third-order valence-corrected chi connectivity index (χ3v) is 4.04. The normalized spacial score (nSPS) is 16.1. The number of nitrogen functional groups attached to an aromatic ring is 1. The number of nitrogens with two attached hydrogens (primary N) is 1. The minimum Gasteiger partial charge on any atom is -0.384 e. The molecule has 0 aromatic carbocycles. The van der Waals surface area contributed by atoms with Crippen LogP contribution in [0, 0.1) is 0 Å². The Morgan fingerprint density at radius 2 is 2.05 bits per heavy atom. The molecule has 1 fully saturated rings. The van der Waals surface area contributed by atoms with Crippen molar-refractivity contribution in [2.45, 2.75) is 18.8 Å². The summed E-state index contributed by atoms with van der Waals surface area (Å²) < 4.78 is 1.60. The number of anilines is 2. The SMILES string of the molecule is Cn1ccc(C2CCN(c3nccc(N)n3)CC2)cc1=O. The first kappa shape index (κ1) is 13.6. The van der Waals surface area contributed by atoms with Crippen molar-refractivity contribution in [1.29, 1.82) is 0 Å². The molecule has 0 unspecified atom stereocenters. The lowest BCUT2D eigenvalue weighted by Gasteiger charge is -2.32. The van der Waals surface area contributed by atoms with E-state index in [-0.39, 0.29) is 5.56 Å². The second-order valence-electron chi connectivity index (χ2n) is 5.45. The van der Waals surface area contributed by atoms with Gasteiger partial charge in [-0.15, -0.1) is 0 Å². The molecule has 2 aromatic heterocycles. The summed E-state index contributed by atoms with van der Waals surface area (Å²) in [6, 6.07) is 5.48. The molecule has 2 aromatic rings. The average Bonchev–Trinajstić information content (AvgIpc) is 2.50.